The summed E-state index contributed by atoms with van der Waals surface area (Å²) in [6, 6.07) is 11.0. The summed E-state index contributed by atoms with van der Waals surface area (Å²) in [7, 11) is 3.85. The fourth-order valence-corrected chi connectivity index (χ4v) is 3.28. The molecule has 2 heterocycles. The van der Waals surface area contributed by atoms with Crippen molar-refractivity contribution in [1.29, 1.82) is 0 Å². The van der Waals surface area contributed by atoms with Crippen molar-refractivity contribution < 1.29 is 9.59 Å². The highest BCUT2D eigenvalue weighted by Crippen LogP contribution is 2.30. The average Bonchev–Trinajstić information content (AvgIpc) is 2.70. The van der Waals surface area contributed by atoms with Crippen LogP contribution in [0.4, 0.5) is 11.5 Å². The first-order valence-electron chi connectivity index (χ1n) is 9.56. The van der Waals surface area contributed by atoms with Crippen LogP contribution in [0, 0.1) is 0 Å². The van der Waals surface area contributed by atoms with Crippen LogP contribution in [-0.2, 0) is 4.79 Å². The van der Waals surface area contributed by atoms with Gasteiger partial charge in [0.15, 0.2) is 0 Å². The van der Waals surface area contributed by atoms with Crippen LogP contribution in [0.2, 0.25) is 0 Å². The van der Waals surface area contributed by atoms with Gasteiger partial charge in [-0.1, -0.05) is 25.5 Å². The zero-order valence-corrected chi connectivity index (χ0v) is 16.6. The lowest BCUT2D eigenvalue weighted by molar-refractivity contribution is -0.117. The maximum Gasteiger partial charge on any atom is 0.256 e. The Kier molecular flexibility index (Phi) is 6.26. The van der Waals surface area contributed by atoms with Crippen molar-refractivity contribution in [3.63, 3.8) is 0 Å². The number of nitrogens with one attached hydrogen (secondary N) is 2. The quantitative estimate of drug-likeness (QED) is 0.771. The Morgan fingerprint density at radius 2 is 2.04 bits per heavy atom. The number of hydrogen-bond donors (Lipinski definition) is 2. The third-order valence-electron chi connectivity index (χ3n) is 4.84. The fraction of sp³-hybridized carbons (Fsp3) is 0.381. The molecule has 0 unspecified atom stereocenters. The highest BCUT2D eigenvalue weighted by Gasteiger charge is 2.30. The predicted molar refractivity (Wildman–Crippen MR) is 110 cm³/mol. The third kappa shape index (κ3) is 4.48. The molecule has 2 amide bonds. The summed E-state index contributed by atoms with van der Waals surface area (Å²) in [5.74, 6) is 0.481. The molecule has 28 heavy (non-hydrogen) atoms. The fourth-order valence-electron chi connectivity index (χ4n) is 3.28. The van der Waals surface area contributed by atoms with Crippen LogP contribution in [0.1, 0.15) is 41.9 Å². The molecule has 2 N–H and O–H groups in total. The van der Waals surface area contributed by atoms with Crippen LogP contribution in [0.5, 0.6) is 0 Å². The number of benzene rings is 1. The van der Waals surface area contributed by atoms with E-state index in [1.54, 1.807) is 18.3 Å². The van der Waals surface area contributed by atoms with Crippen LogP contribution in [-0.4, -0.2) is 48.9 Å². The van der Waals surface area contributed by atoms with E-state index >= 15 is 0 Å². The van der Waals surface area contributed by atoms with Crippen molar-refractivity contribution in [3.8, 4) is 0 Å². The van der Waals surface area contributed by atoms with Gasteiger partial charge < -0.3 is 15.5 Å². The number of hydrogen-bond acceptors (Lipinski definition) is 5. The summed E-state index contributed by atoms with van der Waals surface area (Å²) < 4.78 is 0. The smallest absolute Gasteiger partial charge is 0.256 e. The van der Waals surface area contributed by atoms with Crippen molar-refractivity contribution in [2.45, 2.75) is 25.9 Å². The second-order valence-electron chi connectivity index (χ2n) is 7.12. The van der Waals surface area contributed by atoms with Gasteiger partial charge in [0.25, 0.3) is 5.91 Å². The van der Waals surface area contributed by atoms with E-state index in [0.29, 0.717) is 17.9 Å². The minimum atomic E-state index is -0.306. The summed E-state index contributed by atoms with van der Waals surface area (Å²) in [4.78, 5) is 32.8. The molecule has 7 heteroatoms. The summed E-state index contributed by atoms with van der Waals surface area (Å²) >= 11 is 0. The highest BCUT2D eigenvalue weighted by atomic mass is 16.2. The lowest BCUT2D eigenvalue weighted by Gasteiger charge is -2.35. The van der Waals surface area contributed by atoms with E-state index in [4.69, 9.17) is 0 Å². The van der Waals surface area contributed by atoms with E-state index in [1.165, 1.54) is 0 Å². The van der Waals surface area contributed by atoms with Crippen molar-refractivity contribution in [2.75, 3.05) is 37.4 Å². The number of nitrogens with zero attached hydrogens (tertiary/aromatic N) is 3. The summed E-state index contributed by atoms with van der Waals surface area (Å²) in [5, 5.41) is 5.92. The standard InChI is InChI=1S/C21H27N5O2/c1-4-5-13-25(2)14-18(27)23-16-10-8-15(9-11-16)19-24-21(28)17-7-6-12-22-20(17)26(19)3/h6-12,19H,4-5,13-14H2,1-3H3,(H,23,27)(H,24,28)/t19-/m1/s1. The van der Waals surface area contributed by atoms with Gasteiger partial charge in [-0.2, -0.15) is 0 Å². The third-order valence-corrected chi connectivity index (χ3v) is 4.84. The van der Waals surface area contributed by atoms with Gasteiger partial charge in [0.1, 0.15) is 12.0 Å². The predicted octanol–water partition coefficient (Wildman–Crippen LogP) is 2.63. The number of anilines is 2. The Bertz CT molecular complexity index is 837. The monoisotopic (exact) mass is 381 g/mol. The zero-order chi connectivity index (χ0) is 20.1. The van der Waals surface area contributed by atoms with Gasteiger partial charge in [-0.15, -0.1) is 0 Å². The Labute approximate surface area is 165 Å². The number of rotatable bonds is 7. The number of unbranched alkanes of at least 4 members (excludes halogenated alkanes) is 1. The molecule has 0 spiro atoms. The number of likely N-dealkylation sites (N-methyl/N-ethyl adjacent to an activating group) is 1. The van der Waals surface area contributed by atoms with Crippen molar-refractivity contribution in [3.05, 3.63) is 53.7 Å². The first-order chi connectivity index (χ1) is 13.5. The van der Waals surface area contributed by atoms with E-state index in [1.807, 2.05) is 48.2 Å². The molecule has 1 aliphatic heterocycles. The number of aromatic nitrogens is 1. The molecular weight excluding hydrogens is 354 g/mol. The highest BCUT2D eigenvalue weighted by molar-refractivity contribution is 6.01. The van der Waals surface area contributed by atoms with Gasteiger partial charge in [-0.05, 0) is 49.8 Å². The number of carbonyl (C=O) groups is 2. The largest absolute Gasteiger partial charge is 0.335 e. The summed E-state index contributed by atoms with van der Waals surface area (Å²) in [5.41, 5.74) is 2.23. The molecule has 148 valence electrons. The van der Waals surface area contributed by atoms with Gasteiger partial charge in [-0.3, -0.25) is 14.5 Å². The molecule has 2 aromatic rings. The van der Waals surface area contributed by atoms with E-state index in [-0.39, 0.29) is 18.0 Å². The first kappa shape index (κ1) is 19.8. The Morgan fingerprint density at radius 1 is 1.29 bits per heavy atom. The van der Waals surface area contributed by atoms with Gasteiger partial charge in [0.05, 0.1) is 12.1 Å². The molecule has 1 atom stereocenters. The SMILES string of the molecule is CCCCN(C)CC(=O)Nc1ccc([C@@H]2NC(=O)c3cccnc3N2C)cc1. The number of carbonyl (C=O) groups excluding carboxylic acids is 2. The van der Waals surface area contributed by atoms with Gasteiger partial charge in [0.2, 0.25) is 5.91 Å². The normalized spacial score (nSPS) is 15.9. The summed E-state index contributed by atoms with van der Waals surface area (Å²) in [6.07, 6.45) is 3.57. The van der Waals surface area contributed by atoms with Crippen LogP contribution in [0.3, 0.4) is 0 Å². The van der Waals surface area contributed by atoms with Crippen LogP contribution < -0.4 is 15.5 Å². The second-order valence-corrected chi connectivity index (χ2v) is 7.12. The maximum absolute atomic E-state index is 12.4. The molecule has 1 aliphatic rings. The van der Waals surface area contributed by atoms with E-state index in [9.17, 15) is 9.59 Å². The molecule has 1 aromatic carbocycles. The average molecular weight is 381 g/mol. The van der Waals surface area contributed by atoms with E-state index < -0.39 is 0 Å². The second kappa shape index (κ2) is 8.84. The van der Waals surface area contributed by atoms with Crippen LogP contribution >= 0.6 is 0 Å². The summed E-state index contributed by atoms with van der Waals surface area (Å²) in [6.45, 7) is 3.41. The zero-order valence-electron chi connectivity index (χ0n) is 16.6. The molecule has 0 fully saturated rings. The van der Waals surface area contributed by atoms with E-state index in [2.05, 4.69) is 22.5 Å². The van der Waals surface area contributed by atoms with Gasteiger partial charge in [0, 0.05) is 18.9 Å². The van der Waals surface area contributed by atoms with Crippen molar-refractivity contribution >= 4 is 23.3 Å². The molecule has 7 nitrogen and oxygen atoms in total. The van der Waals surface area contributed by atoms with Crippen LogP contribution in [0.15, 0.2) is 42.6 Å². The molecule has 0 saturated heterocycles. The Balaban J connectivity index is 1.65. The minimum absolute atomic E-state index is 0.0347. The molecule has 0 saturated carbocycles. The topological polar surface area (TPSA) is 77.6 Å². The molecule has 1 aromatic heterocycles. The van der Waals surface area contributed by atoms with Gasteiger partial charge >= 0.3 is 0 Å². The van der Waals surface area contributed by atoms with E-state index in [0.717, 1.165) is 30.6 Å². The lowest BCUT2D eigenvalue weighted by atomic mass is 10.1. The Morgan fingerprint density at radius 3 is 2.75 bits per heavy atom. The van der Waals surface area contributed by atoms with Crippen molar-refractivity contribution in [2.24, 2.45) is 0 Å². The molecule has 0 bridgehead atoms. The molecule has 0 aliphatic carbocycles. The molecular formula is C21H27N5O2. The first-order valence-corrected chi connectivity index (χ1v) is 9.56. The van der Waals surface area contributed by atoms with Crippen molar-refractivity contribution in [1.82, 2.24) is 15.2 Å². The number of fused-ring (bicyclic) bond motifs is 1. The van der Waals surface area contributed by atoms with Crippen LogP contribution in [0.25, 0.3) is 0 Å². The molecule has 3 rings (SSSR count). The van der Waals surface area contributed by atoms with Gasteiger partial charge in [-0.25, -0.2) is 4.98 Å². The number of pyridine rings is 1. The lowest BCUT2D eigenvalue weighted by Crippen LogP contribution is -2.45. The minimum Gasteiger partial charge on any atom is -0.335 e. The maximum atomic E-state index is 12.4. The number of amides is 2. The molecule has 0 radical (unpaired) electrons. The Hall–Kier alpha value is -2.93.